The molecule has 1 atom stereocenters. The number of nitrogens with one attached hydrogen (secondary N) is 1. The minimum Gasteiger partial charge on any atom is -0.369 e. The van der Waals surface area contributed by atoms with Crippen LogP contribution >= 0.6 is 11.6 Å². The normalized spacial score (nSPS) is 21.6. The van der Waals surface area contributed by atoms with E-state index in [1.54, 1.807) is 0 Å². The van der Waals surface area contributed by atoms with Crippen molar-refractivity contribution in [2.75, 3.05) is 18.4 Å². The first-order valence-electron chi connectivity index (χ1n) is 7.64. The van der Waals surface area contributed by atoms with E-state index in [0.29, 0.717) is 29.3 Å². The van der Waals surface area contributed by atoms with Gasteiger partial charge in [0.1, 0.15) is 12.1 Å². The second kappa shape index (κ2) is 5.39. The van der Waals surface area contributed by atoms with Crippen LogP contribution in [-0.4, -0.2) is 39.9 Å². The van der Waals surface area contributed by atoms with Gasteiger partial charge in [0.25, 0.3) is 0 Å². The van der Waals surface area contributed by atoms with Gasteiger partial charge in [0.05, 0.1) is 5.52 Å². The highest BCUT2D eigenvalue weighted by atomic mass is 35.5. The van der Waals surface area contributed by atoms with E-state index in [9.17, 15) is 4.79 Å². The SMILES string of the molecule is O=C1CC(CNc2ncnc3cc(Cl)ccc23)CN1C1CC1. The lowest BCUT2D eigenvalue weighted by molar-refractivity contribution is -0.128. The molecule has 4 rings (SSSR count). The number of halogens is 1. The van der Waals surface area contributed by atoms with E-state index in [0.717, 1.165) is 29.8 Å². The summed E-state index contributed by atoms with van der Waals surface area (Å²) in [5.41, 5.74) is 0.826. The van der Waals surface area contributed by atoms with Crippen molar-refractivity contribution in [3.63, 3.8) is 0 Å². The zero-order valence-electron chi connectivity index (χ0n) is 12.1. The highest BCUT2D eigenvalue weighted by molar-refractivity contribution is 6.31. The summed E-state index contributed by atoms with van der Waals surface area (Å²) in [7, 11) is 0. The first kappa shape index (κ1) is 13.8. The van der Waals surface area contributed by atoms with E-state index >= 15 is 0 Å². The van der Waals surface area contributed by atoms with Gasteiger partial charge in [-0.25, -0.2) is 9.97 Å². The summed E-state index contributed by atoms with van der Waals surface area (Å²) >= 11 is 6.00. The zero-order valence-corrected chi connectivity index (χ0v) is 12.9. The number of fused-ring (bicyclic) bond motifs is 1. The Morgan fingerprint density at radius 3 is 3.00 bits per heavy atom. The van der Waals surface area contributed by atoms with Gasteiger partial charge in [0.2, 0.25) is 5.91 Å². The molecule has 1 aliphatic carbocycles. The molecule has 2 aliphatic rings. The summed E-state index contributed by atoms with van der Waals surface area (Å²) in [5.74, 6) is 1.46. The quantitative estimate of drug-likeness (QED) is 0.942. The third kappa shape index (κ3) is 2.61. The van der Waals surface area contributed by atoms with Crippen LogP contribution in [0.5, 0.6) is 0 Å². The molecule has 1 amide bonds. The Labute approximate surface area is 133 Å². The van der Waals surface area contributed by atoms with Gasteiger partial charge in [-0.3, -0.25) is 4.79 Å². The summed E-state index contributed by atoms with van der Waals surface area (Å²) in [4.78, 5) is 22.6. The molecule has 0 bridgehead atoms. The first-order valence-corrected chi connectivity index (χ1v) is 8.02. The van der Waals surface area contributed by atoms with E-state index in [2.05, 4.69) is 15.3 Å². The van der Waals surface area contributed by atoms with Gasteiger partial charge in [0.15, 0.2) is 0 Å². The van der Waals surface area contributed by atoms with Crippen molar-refractivity contribution in [2.24, 2.45) is 5.92 Å². The molecule has 2 heterocycles. The number of benzene rings is 1. The van der Waals surface area contributed by atoms with Crippen LogP contribution in [0.3, 0.4) is 0 Å². The molecule has 1 N–H and O–H groups in total. The number of carbonyl (C=O) groups excluding carboxylic acids is 1. The molecular formula is C16H17ClN4O. The number of amides is 1. The molecule has 2 fully saturated rings. The number of aromatic nitrogens is 2. The lowest BCUT2D eigenvalue weighted by Gasteiger charge is -2.16. The molecular weight excluding hydrogens is 300 g/mol. The number of hydrogen-bond acceptors (Lipinski definition) is 4. The van der Waals surface area contributed by atoms with Crippen LogP contribution in [0, 0.1) is 5.92 Å². The van der Waals surface area contributed by atoms with Crippen LogP contribution in [0.2, 0.25) is 5.02 Å². The zero-order chi connectivity index (χ0) is 15.1. The molecule has 0 radical (unpaired) electrons. The number of nitrogens with zero attached hydrogens (tertiary/aromatic N) is 3. The maximum Gasteiger partial charge on any atom is 0.223 e. The summed E-state index contributed by atoms with van der Waals surface area (Å²) in [6.07, 6.45) is 4.52. The van der Waals surface area contributed by atoms with Gasteiger partial charge in [0, 0.05) is 41.9 Å². The van der Waals surface area contributed by atoms with Gasteiger partial charge in [-0.15, -0.1) is 0 Å². The van der Waals surface area contributed by atoms with Crippen molar-refractivity contribution in [3.8, 4) is 0 Å². The van der Waals surface area contributed by atoms with Crippen LogP contribution in [0.1, 0.15) is 19.3 Å². The highest BCUT2D eigenvalue weighted by Gasteiger charge is 2.39. The van der Waals surface area contributed by atoms with Crippen molar-refractivity contribution in [3.05, 3.63) is 29.5 Å². The van der Waals surface area contributed by atoms with Gasteiger partial charge in [-0.1, -0.05) is 11.6 Å². The number of likely N-dealkylation sites (tertiary alicyclic amines) is 1. The molecule has 0 spiro atoms. The van der Waals surface area contributed by atoms with Crippen molar-refractivity contribution < 1.29 is 4.79 Å². The molecule has 5 nitrogen and oxygen atoms in total. The molecule has 1 aliphatic heterocycles. The van der Waals surface area contributed by atoms with Crippen molar-refractivity contribution in [1.82, 2.24) is 14.9 Å². The molecule has 1 saturated heterocycles. The fraction of sp³-hybridized carbons (Fsp3) is 0.438. The van der Waals surface area contributed by atoms with E-state index in [1.807, 2.05) is 23.1 Å². The van der Waals surface area contributed by atoms with Crippen LogP contribution in [-0.2, 0) is 4.79 Å². The van der Waals surface area contributed by atoms with E-state index < -0.39 is 0 Å². The Bertz CT molecular complexity index is 731. The minimum absolute atomic E-state index is 0.300. The fourth-order valence-electron chi connectivity index (χ4n) is 3.10. The highest BCUT2D eigenvalue weighted by Crippen LogP contribution is 2.32. The van der Waals surface area contributed by atoms with Crippen LogP contribution in [0.25, 0.3) is 10.9 Å². The maximum absolute atomic E-state index is 12.0. The van der Waals surface area contributed by atoms with Gasteiger partial charge in [-0.05, 0) is 31.0 Å². The third-order valence-corrected chi connectivity index (χ3v) is 4.62. The topological polar surface area (TPSA) is 58.1 Å². The van der Waals surface area contributed by atoms with Gasteiger partial charge >= 0.3 is 0 Å². The third-order valence-electron chi connectivity index (χ3n) is 4.38. The summed E-state index contributed by atoms with van der Waals surface area (Å²) < 4.78 is 0. The summed E-state index contributed by atoms with van der Waals surface area (Å²) in [5, 5.41) is 5.00. The monoisotopic (exact) mass is 316 g/mol. The Balaban J connectivity index is 1.47. The average molecular weight is 317 g/mol. The largest absolute Gasteiger partial charge is 0.369 e. The number of hydrogen-bond donors (Lipinski definition) is 1. The number of anilines is 1. The smallest absolute Gasteiger partial charge is 0.223 e. The summed E-state index contributed by atoms with van der Waals surface area (Å²) in [6.45, 7) is 1.62. The van der Waals surface area contributed by atoms with Crippen LogP contribution in [0.15, 0.2) is 24.5 Å². The molecule has 2 aromatic rings. The van der Waals surface area contributed by atoms with Gasteiger partial charge in [-0.2, -0.15) is 0 Å². The summed E-state index contributed by atoms with van der Waals surface area (Å²) in [6, 6.07) is 6.11. The molecule has 22 heavy (non-hydrogen) atoms. The van der Waals surface area contributed by atoms with Crippen molar-refractivity contribution in [1.29, 1.82) is 0 Å². The Hall–Kier alpha value is -1.88. The maximum atomic E-state index is 12.0. The first-order chi connectivity index (χ1) is 10.7. The second-order valence-corrected chi connectivity index (χ2v) is 6.55. The van der Waals surface area contributed by atoms with E-state index in [4.69, 9.17) is 11.6 Å². The number of rotatable bonds is 4. The molecule has 1 unspecified atom stereocenters. The van der Waals surface area contributed by atoms with Crippen molar-refractivity contribution >= 4 is 34.2 Å². The second-order valence-electron chi connectivity index (χ2n) is 6.11. The Kier molecular flexibility index (Phi) is 3.37. The standard InChI is InChI=1S/C16H17ClN4O/c17-11-1-4-13-14(6-11)19-9-20-16(13)18-7-10-5-15(22)21(8-10)12-2-3-12/h1,4,6,9-10,12H,2-3,5,7-8H2,(H,18,19,20). The molecule has 1 saturated carbocycles. The molecule has 1 aromatic heterocycles. The molecule has 1 aromatic carbocycles. The minimum atomic E-state index is 0.300. The van der Waals surface area contributed by atoms with E-state index in [1.165, 1.54) is 19.2 Å². The van der Waals surface area contributed by atoms with Crippen molar-refractivity contribution in [2.45, 2.75) is 25.3 Å². The van der Waals surface area contributed by atoms with Crippen LogP contribution < -0.4 is 5.32 Å². The predicted octanol–water partition coefficient (Wildman–Crippen LogP) is 2.71. The average Bonchev–Trinajstić information content (AvgIpc) is 3.28. The van der Waals surface area contributed by atoms with E-state index in [-0.39, 0.29) is 0 Å². The lowest BCUT2D eigenvalue weighted by atomic mass is 10.1. The Morgan fingerprint density at radius 1 is 1.32 bits per heavy atom. The predicted molar refractivity (Wildman–Crippen MR) is 85.9 cm³/mol. The fourth-order valence-corrected chi connectivity index (χ4v) is 3.26. The van der Waals surface area contributed by atoms with Gasteiger partial charge < -0.3 is 10.2 Å². The molecule has 114 valence electrons. The number of carbonyl (C=O) groups is 1. The molecule has 6 heteroatoms. The Morgan fingerprint density at radius 2 is 2.18 bits per heavy atom. The lowest BCUT2D eigenvalue weighted by Crippen LogP contribution is -2.28. The van der Waals surface area contributed by atoms with Crippen LogP contribution in [0.4, 0.5) is 5.82 Å².